The molecule has 0 aliphatic carbocycles. The van der Waals surface area contributed by atoms with Gasteiger partial charge in [0.2, 0.25) is 0 Å². The first-order chi connectivity index (χ1) is 8.60. The number of nitrogens with one attached hydrogen (secondary N) is 1. The summed E-state index contributed by atoms with van der Waals surface area (Å²) in [7, 11) is 0. The number of anilines is 3. The van der Waals surface area contributed by atoms with Gasteiger partial charge in [-0.2, -0.15) is 0 Å². The van der Waals surface area contributed by atoms with Crippen LogP contribution in [-0.2, 0) is 0 Å². The number of rotatable bonds is 4. The van der Waals surface area contributed by atoms with E-state index in [0.29, 0.717) is 22.2 Å². The summed E-state index contributed by atoms with van der Waals surface area (Å²) in [5.41, 5.74) is 7.86. The minimum absolute atomic E-state index is 0.0296. The molecule has 2 aromatic rings. The molecule has 18 heavy (non-hydrogen) atoms. The number of benzene rings is 1. The summed E-state index contributed by atoms with van der Waals surface area (Å²) in [6.07, 6.45) is 0.441. The van der Waals surface area contributed by atoms with Crippen LogP contribution in [0.5, 0.6) is 0 Å². The molecule has 94 valence electrons. The SMILES string of the molecule is CCC(=O)c1sc(Nc2ccc(C)cc2)nc1N. The molecule has 2 rings (SSSR count). The minimum Gasteiger partial charge on any atom is -0.382 e. The molecule has 0 amide bonds. The number of hydrogen-bond acceptors (Lipinski definition) is 5. The lowest BCUT2D eigenvalue weighted by atomic mass is 10.2. The molecule has 3 N–H and O–H groups in total. The lowest BCUT2D eigenvalue weighted by molar-refractivity contribution is 0.0992. The Kier molecular flexibility index (Phi) is 3.62. The average molecular weight is 261 g/mol. The number of ketones is 1. The number of hydrogen-bond donors (Lipinski definition) is 2. The van der Waals surface area contributed by atoms with Crippen molar-refractivity contribution in [3.63, 3.8) is 0 Å². The average Bonchev–Trinajstić information content (AvgIpc) is 2.72. The van der Waals surface area contributed by atoms with Crippen molar-refractivity contribution in [3.05, 3.63) is 34.7 Å². The van der Waals surface area contributed by atoms with Gasteiger partial charge in [0.05, 0.1) is 0 Å². The maximum absolute atomic E-state index is 11.6. The Labute approximate surface area is 110 Å². The lowest BCUT2D eigenvalue weighted by Crippen LogP contribution is -1.98. The van der Waals surface area contributed by atoms with E-state index in [1.165, 1.54) is 16.9 Å². The summed E-state index contributed by atoms with van der Waals surface area (Å²) in [5, 5.41) is 3.79. The van der Waals surface area contributed by atoms with Crippen molar-refractivity contribution in [1.29, 1.82) is 0 Å². The molecule has 4 nitrogen and oxygen atoms in total. The minimum atomic E-state index is 0.0296. The van der Waals surface area contributed by atoms with Crippen LogP contribution >= 0.6 is 11.3 Å². The Morgan fingerprint density at radius 2 is 2.06 bits per heavy atom. The van der Waals surface area contributed by atoms with Crippen LogP contribution < -0.4 is 11.1 Å². The Morgan fingerprint density at radius 3 is 2.67 bits per heavy atom. The number of nitrogens with two attached hydrogens (primary N) is 1. The molecule has 0 atom stereocenters. The molecule has 0 fully saturated rings. The van der Waals surface area contributed by atoms with Gasteiger partial charge in [-0.3, -0.25) is 4.79 Å². The quantitative estimate of drug-likeness (QED) is 0.828. The van der Waals surface area contributed by atoms with Crippen molar-refractivity contribution in [2.45, 2.75) is 20.3 Å². The van der Waals surface area contributed by atoms with Crippen molar-refractivity contribution in [3.8, 4) is 0 Å². The smallest absolute Gasteiger partial charge is 0.189 e. The third kappa shape index (κ3) is 2.68. The summed E-state index contributed by atoms with van der Waals surface area (Å²) in [6.45, 7) is 3.84. The molecule has 1 aromatic carbocycles. The number of nitrogens with zero attached hydrogens (tertiary/aromatic N) is 1. The van der Waals surface area contributed by atoms with Crippen molar-refractivity contribution in [2.24, 2.45) is 0 Å². The molecule has 0 spiro atoms. The predicted molar refractivity (Wildman–Crippen MR) is 75.6 cm³/mol. The zero-order valence-corrected chi connectivity index (χ0v) is 11.2. The Balaban J connectivity index is 2.20. The fourth-order valence-corrected chi connectivity index (χ4v) is 2.42. The Morgan fingerprint density at radius 1 is 1.39 bits per heavy atom. The molecule has 0 aliphatic heterocycles. The van der Waals surface area contributed by atoms with Crippen molar-refractivity contribution >= 4 is 33.8 Å². The Hall–Kier alpha value is -1.88. The summed E-state index contributed by atoms with van der Waals surface area (Å²) < 4.78 is 0. The molecule has 0 aliphatic rings. The van der Waals surface area contributed by atoms with Gasteiger partial charge >= 0.3 is 0 Å². The number of thiazole rings is 1. The van der Waals surface area contributed by atoms with Crippen LogP contribution in [0.1, 0.15) is 28.6 Å². The van der Waals surface area contributed by atoms with Gasteiger partial charge < -0.3 is 11.1 Å². The van der Waals surface area contributed by atoms with Crippen LogP contribution in [0.4, 0.5) is 16.6 Å². The topological polar surface area (TPSA) is 68.0 Å². The molecule has 5 heteroatoms. The summed E-state index contributed by atoms with van der Waals surface area (Å²) in [5.74, 6) is 0.336. The second-order valence-corrected chi connectivity index (χ2v) is 5.00. The van der Waals surface area contributed by atoms with E-state index in [-0.39, 0.29) is 5.78 Å². The predicted octanol–water partition coefficient (Wildman–Crippen LogP) is 3.37. The van der Waals surface area contributed by atoms with Crippen LogP contribution in [-0.4, -0.2) is 10.8 Å². The molecule has 0 unspecified atom stereocenters. The maximum Gasteiger partial charge on any atom is 0.189 e. The van der Waals surface area contributed by atoms with E-state index < -0.39 is 0 Å². The highest BCUT2D eigenvalue weighted by molar-refractivity contribution is 7.18. The van der Waals surface area contributed by atoms with Crippen LogP contribution in [0, 0.1) is 6.92 Å². The standard InChI is InChI=1S/C13H15N3OS/c1-3-10(17)11-12(14)16-13(18-11)15-9-6-4-8(2)5-7-9/h4-7H,3,14H2,1-2H3,(H,15,16). The summed E-state index contributed by atoms with van der Waals surface area (Å²) in [6, 6.07) is 7.96. The van der Waals surface area contributed by atoms with E-state index in [9.17, 15) is 4.79 Å². The van der Waals surface area contributed by atoms with Crippen LogP contribution in [0.25, 0.3) is 0 Å². The molecule has 0 bridgehead atoms. The molecule has 0 saturated heterocycles. The van der Waals surface area contributed by atoms with Gasteiger partial charge in [0.25, 0.3) is 0 Å². The first kappa shape index (κ1) is 12.6. The van der Waals surface area contributed by atoms with Crippen LogP contribution in [0.15, 0.2) is 24.3 Å². The zero-order chi connectivity index (χ0) is 13.1. The van der Waals surface area contributed by atoms with Gasteiger partial charge in [-0.25, -0.2) is 4.98 Å². The van der Waals surface area contributed by atoms with E-state index in [2.05, 4.69) is 10.3 Å². The third-order valence-electron chi connectivity index (χ3n) is 2.53. The molecular weight excluding hydrogens is 246 g/mol. The first-order valence-electron chi connectivity index (χ1n) is 5.73. The summed E-state index contributed by atoms with van der Waals surface area (Å²) >= 11 is 1.29. The van der Waals surface area contributed by atoms with Gasteiger partial charge in [-0.15, -0.1) is 0 Å². The number of carbonyl (C=O) groups is 1. The number of carbonyl (C=O) groups excluding carboxylic acids is 1. The number of nitrogen functional groups attached to an aromatic ring is 1. The molecule has 1 heterocycles. The van der Waals surface area contributed by atoms with Crippen LogP contribution in [0.3, 0.4) is 0 Å². The van der Waals surface area contributed by atoms with E-state index in [0.717, 1.165) is 5.69 Å². The van der Waals surface area contributed by atoms with Gasteiger partial charge in [-0.1, -0.05) is 36.0 Å². The number of aromatic nitrogens is 1. The van der Waals surface area contributed by atoms with Gasteiger partial charge in [0.1, 0.15) is 10.7 Å². The molecule has 1 aromatic heterocycles. The highest BCUT2D eigenvalue weighted by Crippen LogP contribution is 2.28. The van der Waals surface area contributed by atoms with Crippen molar-refractivity contribution < 1.29 is 4.79 Å². The van der Waals surface area contributed by atoms with Gasteiger partial charge in [0, 0.05) is 12.1 Å². The van der Waals surface area contributed by atoms with Gasteiger partial charge in [-0.05, 0) is 19.1 Å². The van der Waals surface area contributed by atoms with Crippen molar-refractivity contribution in [2.75, 3.05) is 11.1 Å². The van der Waals surface area contributed by atoms with Gasteiger partial charge in [0.15, 0.2) is 10.9 Å². The fraction of sp³-hybridized carbons (Fsp3) is 0.231. The van der Waals surface area contributed by atoms with E-state index in [1.54, 1.807) is 0 Å². The zero-order valence-electron chi connectivity index (χ0n) is 10.4. The highest BCUT2D eigenvalue weighted by atomic mass is 32.1. The lowest BCUT2D eigenvalue weighted by Gasteiger charge is -2.01. The normalized spacial score (nSPS) is 10.3. The summed E-state index contributed by atoms with van der Waals surface area (Å²) in [4.78, 5) is 16.3. The third-order valence-corrected chi connectivity index (χ3v) is 3.56. The first-order valence-corrected chi connectivity index (χ1v) is 6.55. The maximum atomic E-state index is 11.6. The highest BCUT2D eigenvalue weighted by Gasteiger charge is 2.14. The largest absolute Gasteiger partial charge is 0.382 e. The van der Waals surface area contributed by atoms with Crippen molar-refractivity contribution in [1.82, 2.24) is 4.98 Å². The van der Waals surface area contributed by atoms with Crippen LogP contribution in [0.2, 0.25) is 0 Å². The fourth-order valence-electron chi connectivity index (χ4n) is 1.51. The van der Waals surface area contributed by atoms with E-state index >= 15 is 0 Å². The Bertz CT molecular complexity index is 560. The second kappa shape index (κ2) is 5.18. The van der Waals surface area contributed by atoms with E-state index in [1.807, 2.05) is 38.1 Å². The molecule has 0 radical (unpaired) electrons. The number of Topliss-reactive ketones (excluding diaryl/α,β-unsaturated/α-hetero) is 1. The number of aryl methyl sites for hydroxylation is 1. The van der Waals surface area contributed by atoms with E-state index in [4.69, 9.17) is 5.73 Å². The second-order valence-electron chi connectivity index (χ2n) is 4.00. The molecule has 0 saturated carbocycles. The molecular formula is C13H15N3OS. The monoisotopic (exact) mass is 261 g/mol.